The smallest absolute Gasteiger partial charge is 0.260 e. The van der Waals surface area contributed by atoms with E-state index in [4.69, 9.17) is 16.3 Å². The summed E-state index contributed by atoms with van der Waals surface area (Å²) in [6.07, 6.45) is 0. The molecule has 0 saturated carbocycles. The lowest BCUT2D eigenvalue weighted by Crippen LogP contribution is -2.36. The fourth-order valence-corrected chi connectivity index (χ4v) is 2.10. The predicted molar refractivity (Wildman–Crippen MR) is 86.9 cm³/mol. The number of nitrogens with zero attached hydrogens (tertiary/aromatic N) is 1. The summed E-state index contributed by atoms with van der Waals surface area (Å²) in [5.41, 5.74) is 1.10. The normalized spacial score (nSPS) is 12.3. The average molecular weight is 313 g/mol. The highest BCUT2D eigenvalue weighted by molar-refractivity contribution is 6.32. The quantitative estimate of drug-likeness (QED) is 0.840. The molecule has 1 rings (SSSR count). The first kappa shape index (κ1) is 17.8. The third kappa shape index (κ3) is 5.21. The molecule has 0 aliphatic rings. The molecule has 0 fully saturated rings. The Kier molecular flexibility index (Phi) is 6.99. The molecule has 0 spiro atoms. The molecule has 0 radical (unpaired) electrons. The van der Waals surface area contributed by atoms with Crippen molar-refractivity contribution in [2.45, 2.75) is 39.8 Å². The van der Waals surface area contributed by atoms with E-state index in [1.165, 1.54) is 0 Å². The zero-order valence-corrected chi connectivity index (χ0v) is 14.2. The molecule has 1 amide bonds. The first-order chi connectivity index (χ1) is 9.86. The number of carbonyl (C=O) groups excluding carboxylic acids is 1. The zero-order chi connectivity index (χ0) is 16.0. The van der Waals surface area contributed by atoms with Gasteiger partial charge < -0.3 is 15.0 Å². The molecule has 1 atom stereocenters. The second kappa shape index (κ2) is 8.25. The summed E-state index contributed by atoms with van der Waals surface area (Å²) >= 11 is 6.22. The molecule has 1 unspecified atom stereocenters. The largest absolute Gasteiger partial charge is 0.482 e. The van der Waals surface area contributed by atoms with E-state index in [0.29, 0.717) is 10.8 Å². The summed E-state index contributed by atoms with van der Waals surface area (Å²) in [5.74, 6) is 0.473. The van der Waals surface area contributed by atoms with Crippen LogP contribution in [-0.4, -0.2) is 37.0 Å². The maximum absolute atomic E-state index is 11.9. The first-order valence-electron chi connectivity index (χ1n) is 7.28. The van der Waals surface area contributed by atoms with Gasteiger partial charge in [-0.3, -0.25) is 4.79 Å². The molecule has 0 aromatic heterocycles. The lowest BCUT2D eigenvalue weighted by molar-refractivity contribution is -0.133. The van der Waals surface area contributed by atoms with Crippen LogP contribution in [0.3, 0.4) is 0 Å². The van der Waals surface area contributed by atoms with Crippen LogP contribution in [0.15, 0.2) is 18.2 Å². The molecule has 0 heterocycles. The number of hydrogen-bond donors (Lipinski definition) is 1. The minimum Gasteiger partial charge on any atom is -0.482 e. The van der Waals surface area contributed by atoms with Gasteiger partial charge in [0.1, 0.15) is 5.75 Å². The van der Waals surface area contributed by atoms with Gasteiger partial charge in [-0.05, 0) is 45.0 Å². The standard InChI is InChI=1S/C16H25ClN2O2/c1-6-18-12(4)13-7-8-15(14(17)9-13)21-10-16(20)19(5)11(2)3/h7-9,11-12,18H,6,10H2,1-5H3. The fraction of sp³-hybridized carbons (Fsp3) is 0.562. The van der Waals surface area contributed by atoms with Gasteiger partial charge in [0.2, 0.25) is 0 Å². The van der Waals surface area contributed by atoms with Gasteiger partial charge in [0.05, 0.1) is 5.02 Å². The lowest BCUT2D eigenvalue weighted by atomic mass is 10.1. The van der Waals surface area contributed by atoms with E-state index >= 15 is 0 Å². The van der Waals surface area contributed by atoms with Gasteiger partial charge >= 0.3 is 0 Å². The van der Waals surface area contributed by atoms with Crippen molar-refractivity contribution in [3.8, 4) is 5.75 Å². The van der Waals surface area contributed by atoms with Crippen molar-refractivity contribution in [3.63, 3.8) is 0 Å². The summed E-state index contributed by atoms with van der Waals surface area (Å²) < 4.78 is 5.52. The van der Waals surface area contributed by atoms with Crippen LogP contribution < -0.4 is 10.1 Å². The topological polar surface area (TPSA) is 41.6 Å². The maximum atomic E-state index is 11.9. The van der Waals surface area contributed by atoms with E-state index in [1.807, 2.05) is 32.0 Å². The van der Waals surface area contributed by atoms with Gasteiger partial charge in [0, 0.05) is 19.1 Å². The van der Waals surface area contributed by atoms with Crippen molar-refractivity contribution in [1.29, 1.82) is 0 Å². The molecule has 4 nitrogen and oxygen atoms in total. The van der Waals surface area contributed by atoms with Crippen molar-refractivity contribution < 1.29 is 9.53 Å². The maximum Gasteiger partial charge on any atom is 0.260 e. The molecular weight excluding hydrogens is 288 g/mol. The van der Waals surface area contributed by atoms with Crippen molar-refractivity contribution in [3.05, 3.63) is 28.8 Å². The Hall–Kier alpha value is -1.26. The van der Waals surface area contributed by atoms with E-state index in [-0.39, 0.29) is 24.6 Å². The van der Waals surface area contributed by atoms with E-state index in [1.54, 1.807) is 11.9 Å². The number of amides is 1. The van der Waals surface area contributed by atoms with E-state index < -0.39 is 0 Å². The molecule has 1 aromatic carbocycles. The molecule has 5 heteroatoms. The molecule has 118 valence electrons. The van der Waals surface area contributed by atoms with Crippen molar-refractivity contribution in [1.82, 2.24) is 10.2 Å². The number of hydrogen-bond acceptors (Lipinski definition) is 3. The molecule has 0 aliphatic carbocycles. The molecule has 1 aromatic rings. The van der Waals surface area contributed by atoms with Crippen LogP contribution in [0.2, 0.25) is 5.02 Å². The van der Waals surface area contributed by atoms with Crippen molar-refractivity contribution in [2.24, 2.45) is 0 Å². The van der Waals surface area contributed by atoms with Gasteiger partial charge in [0.25, 0.3) is 5.91 Å². The monoisotopic (exact) mass is 312 g/mol. The fourth-order valence-electron chi connectivity index (χ4n) is 1.86. The van der Waals surface area contributed by atoms with Gasteiger partial charge in [-0.25, -0.2) is 0 Å². The first-order valence-corrected chi connectivity index (χ1v) is 7.65. The highest BCUT2D eigenvalue weighted by atomic mass is 35.5. The summed E-state index contributed by atoms with van der Waals surface area (Å²) in [4.78, 5) is 13.5. The van der Waals surface area contributed by atoms with Crippen LogP contribution in [0.4, 0.5) is 0 Å². The van der Waals surface area contributed by atoms with Gasteiger partial charge in [-0.2, -0.15) is 0 Å². The molecule has 0 bridgehead atoms. The Morgan fingerprint density at radius 1 is 1.38 bits per heavy atom. The number of carbonyl (C=O) groups is 1. The number of nitrogens with one attached hydrogen (secondary N) is 1. The Balaban J connectivity index is 2.67. The Morgan fingerprint density at radius 2 is 2.05 bits per heavy atom. The van der Waals surface area contributed by atoms with Gasteiger partial charge in [-0.1, -0.05) is 24.6 Å². The second-order valence-electron chi connectivity index (χ2n) is 5.36. The molecule has 21 heavy (non-hydrogen) atoms. The average Bonchev–Trinajstić information content (AvgIpc) is 2.44. The van der Waals surface area contributed by atoms with E-state index in [9.17, 15) is 4.79 Å². The van der Waals surface area contributed by atoms with Crippen LogP contribution in [0.5, 0.6) is 5.75 Å². The molecule has 0 saturated heterocycles. The Labute approximate surface area is 132 Å². The van der Waals surface area contributed by atoms with Crippen LogP contribution in [0, 0.1) is 0 Å². The minimum absolute atomic E-state index is 0.00346. The van der Waals surface area contributed by atoms with Crippen LogP contribution in [0.1, 0.15) is 39.3 Å². The van der Waals surface area contributed by atoms with Gasteiger partial charge in [0.15, 0.2) is 6.61 Å². The highest BCUT2D eigenvalue weighted by Gasteiger charge is 2.14. The number of benzene rings is 1. The van der Waals surface area contributed by atoms with Crippen molar-refractivity contribution >= 4 is 17.5 Å². The third-order valence-electron chi connectivity index (χ3n) is 3.49. The number of ether oxygens (including phenoxy) is 1. The Bertz CT molecular complexity index is 477. The minimum atomic E-state index is -0.0637. The van der Waals surface area contributed by atoms with Crippen LogP contribution in [-0.2, 0) is 4.79 Å². The number of likely N-dealkylation sites (N-methyl/N-ethyl adjacent to an activating group) is 1. The summed E-state index contributed by atoms with van der Waals surface area (Å²) in [5, 5.41) is 3.85. The zero-order valence-electron chi connectivity index (χ0n) is 13.4. The number of rotatable bonds is 7. The molecule has 1 N–H and O–H groups in total. The third-order valence-corrected chi connectivity index (χ3v) is 3.78. The van der Waals surface area contributed by atoms with E-state index in [2.05, 4.69) is 19.2 Å². The van der Waals surface area contributed by atoms with Crippen molar-refractivity contribution in [2.75, 3.05) is 20.2 Å². The van der Waals surface area contributed by atoms with Crippen LogP contribution >= 0.6 is 11.6 Å². The highest BCUT2D eigenvalue weighted by Crippen LogP contribution is 2.28. The van der Waals surface area contributed by atoms with Gasteiger partial charge in [-0.15, -0.1) is 0 Å². The SMILES string of the molecule is CCNC(C)c1ccc(OCC(=O)N(C)C(C)C)c(Cl)c1. The summed E-state index contributed by atoms with van der Waals surface area (Å²) in [6, 6.07) is 6.04. The number of halogens is 1. The summed E-state index contributed by atoms with van der Waals surface area (Å²) in [6.45, 7) is 8.95. The van der Waals surface area contributed by atoms with E-state index in [0.717, 1.165) is 12.1 Å². The Morgan fingerprint density at radius 3 is 2.57 bits per heavy atom. The predicted octanol–water partition coefficient (Wildman–Crippen LogP) is 3.26. The summed E-state index contributed by atoms with van der Waals surface area (Å²) in [7, 11) is 1.76. The molecule has 0 aliphatic heterocycles. The lowest BCUT2D eigenvalue weighted by Gasteiger charge is -2.21. The van der Waals surface area contributed by atoms with Crippen LogP contribution in [0.25, 0.3) is 0 Å². The molecular formula is C16H25ClN2O2. The second-order valence-corrected chi connectivity index (χ2v) is 5.76.